The van der Waals surface area contributed by atoms with Crippen molar-refractivity contribution in [3.8, 4) is 6.07 Å². The van der Waals surface area contributed by atoms with E-state index in [0.717, 1.165) is 11.1 Å². The van der Waals surface area contributed by atoms with Gasteiger partial charge < -0.3 is 9.47 Å². The maximum atomic E-state index is 13.0. The molecule has 0 N–H and O–H groups in total. The molecule has 37 heavy (non-hydrogen) atoms. The lowest BCUT2D eigenvalue weighted by molar-refractivity contribution is 0.150. The number of anilines is 1. The third-order valence-corrected chi connectivity index (χ3v) is 7.82. The van der Waals surface area contributed by atoms with Crippen molar-refractivity contribution in [3.63, 3.8) is 0 Å². The molecule has 0 unspecified atom stereocenters. The second-order valence-electron chi connectivity index (χ2n) is 9.24. The number of nitriles is 1. The Morgan fingerprint density at radius 1 is 0.946 bits per heavy atom. The van der Waals surface area contributed by atoms with Crippen molar-refractivity contribution >= 4 is 51.5 Å². The molecule has 1 aliphatic heterocycles. The van der Waals surface area contributed by atoms with E-state index in [1.807, 2.05) is 24.3 Å². The van der Waals surface area contributed by atoms with E-state index >= 15 is 0 Å². The van der Waals surface area contributed by atoms with Crippen LogP contribution in [0.4, 0.5) is 5.69 Å². The van der Waals surface area contributed by atoms with Gasteiger partial charge in [-0.15, -0.1) is 0 Å². The number of pyridine rings is 2. The molecule has 1 saturated heterocycles. The van der Waals surface area contributed by atoms with Crippen molar-refractivity contribution < 1.29 is 0 Å². The number of fused-ring (bicyclic) bond motifs is 1. The first-order valence-electron chi connectivity index (χ1n) is 11.9. The minimum absolute atomic E-state index is 0.00846. The van der Waals surface area contributed by atoms with E-state index < -0.39 is 0 Å². The average molecular weight is 553 g/mol. The minimum Gasteiger partial charge on any atom is -0.366 e. The highest BCUT2D eigenvalue weighted by molar-refractivity contribution is 6.34. The Morgan fingerprint density at radius 2 is 1.54 bits per heavy atom. The van der Waals surface area contributed by atoms with Gasteiger partial charge in [-0.1, -0.05) is 59.1 Å². The number of benzene rings is 2. The second-order valence-corrected chi connectivity index (χ2v) is 10.5. The molecule has 5 rings (SSSR count). The standard InChI is InChI=1S/C28H24Cl3N5O/c1-17-16-35(27-24(31)28(37)34(2)23-12-11-22(15-32)33-25(23)27)13-14-36(17)26(18-3-7-20(29)8-4-18)19-5-9-21(30)10-6-19/h3-12,17,26H,13-14,16H2,1-2H3/t17-/m1/s1. The third kappa shape index (κ3) is 4.81. The predicted octanol–water partition coefficient (Wildman–Crippen LogP) is 6.07. The van der Waals surface area contributed by atoms with Crippen molar-refractivity contribution in [2.75, 3.05) is 24.5 Å². The lowest BCUT2D eigenvalue weighted by Gasteiger charge is -2.45. The van der Waals surface area contributed by atoms with Crippen molar-refractivity contribution in [3.05, 3.63) is 103 Å². The van der Waals surface area contributed by atoms with E-state index in [9.17, 15) is 10.1 Å². The molecule has 2 aromatic heterocycles. The van der Waals surface area contributed by atoms with Crippen LogP contribution < -0.4 is 10.5 Å². The highest BCUT2D eigenvalue weighted by Gasteiger charge is 2.33. The summed E-state index contributed by atoms with van der Waals surface area (Å²) in [6, 6.07) is 21.4. The smallest absolute Gasteiger partial charge is 0.271 e. The molecular formula is C28H24Cl3N5O. The Bertz CT molecular complexity index is 1520. The van der Waals surface area contributed by atoms with E-state index in [-0.39, 0.29) is 28.4 Å². The molecule has 0 amide bonds. The number of piperazine rings is 1. The van der Waals surface area contributed by atoms with Crippen LogP contribution in [0.25, 0.3) is 11.0 Å². The summed E-state index contributed by atoms with van der Waals surface area (Å²) in [6.07, 6.45) is 0. The van der Waals surface area contributed by atoms with Crippen LogP contribution in [0.2, 0.25) is 15.1 Å². The van der Waals surface area contributed by atoms with Gasteiger partial charge in [-0.05, 0) is 54.4 Å². The molecule has 0 aliphatic carbocycles. The van der Waals surface area contributed by atoms with Crippen molar-refractivity contribution in [2.24, 2.45) is 7.05 Å². The number of hydrogen-bond acceptors (Lipinski definition) is 5. The van der Waals surface area contributed by atoms with Gasteiger partial charge >= 0.3 is 0 Å². The lowest BCUT2D eigenvalue weighted by Crippen LogP contribution is -2.53. The van der Waals surface area contributed by atoms with Gasteiger partial charge in [0, 0.05) is 42.8 Å². The van der Waals surface area contributed by atoms with Crippen LogP contribution in [0.5, 0.6) is 0 Å². The van der Waals surface area contributed by atoms with E-state index in [0.29, 0.717) is 46.4 Å². The van der Waals surface area contributed by atoms with Gasteiger partial charge in [0.05, 0.1) is 17.2 Å². The average Bonchev–Trinajstić information content (AvgIpc) is 2.90. The van der Waals surface area contributed by atoms with Crippen molar-refractivity contribution in [2.45, 2.75) is 19.0 Å². The van der Waals surface area contributed by atoms with Gasteiger partial charge in [-0.2, -0.15) is 5.26 Å². The summed E-state index contributed by atoms with van der Waals surface area (Å²) in [7, 11) is 1.66. The monoisotopic (exact) mass is 551 g/mol. The van der Waals surface area contributed by atoms with Crippen LogP contribution in [-0.2, 0) is 7.05 Å². The molecule has 9 heteroatoms. The van der Waals surface area contributed by atoms with Crippen LogP contribution in [0.1, 0.15) is 29.8 Å². The quantitative estimate of drug-likeness (QED) is 0.308. The Labute approximate surface area is 230 Å². The summed E-state index contributed by atoms with van der Waals surface area (Å²) in [5, 5.41) is 10.9. The normalized spacial score (nSPS) is 16.4. The molecule has 0 bridgehead atoms. The molecule has 6 nitrogen and oxygen atoms in total. The zero-order valence-electron chi connectivity index (χ0n) is 20.3. The van der Waals surface area contributed by atoms with Crippen LogP contribution in [0.3, 0.4) is 0 Å². The molecular weight excluding hydrogens is 529 g/mol. The van der Waals surface area contributed by atoms with Crippen molar-refractivity contribution in [1.82, 2.24) is 14.5 Å². The van der Waals surface area contributed by atoms with Crippen LogP contribution in [0.15, 0.2) is 65.5 Å². The fourth-order valence-corrected chi connectivity index (χ4v) is 5.72. The van der Waals surface area contributed by atoms with Gasteiger partial charge in [0.15, 0.2) is 0 Å². The summed E-state index contributed by atoms with van der Waals surface area (Å²) in [5.41, 5.74) is 4.02. The Morgan fingerprint density at radius 3 is 2.08 bits per heavy atom. The zero-order valence-corrected chi connectivity index (χ0v) is 22.6. The first kappa shape index (κ1) is 25.6. The number of nitrogens with zero attached hydrogens (tertiary/aromatic N) is 5. The molecule has 1 fully saturated rings. The van der Waals surface area contributed by atoms with Gasteiger partial charge in [0.25, 0.3) is 5.56 Å². The minimum atomic E-state index is -0.286. The number of hydrogen-bond donors (Lipinski definition) is 0. The van der Waals surface area contributed by atoms with Gasteiger partial charge in [0.2, 0.25) is 0 Å². The third-order valence-electron chi connectivity index (χ3n) is 6.97. The summed E-state index contributed by atoms with van der Waals surface area (Å²) in [5.74, 6) is 0. The first-order chi connectivity index (χ1) is 17.8. The highest BCUT2D eigenvalue weighted by atomic mass is 35.5. The molecule has 0 saturated carbocycles. The Kier molecular flexibility index (Phi) is 7.15. The summed E-state index contributed by atoms with van der Waals surface area (Å²) in [4.78, 5) is 22.0. The summed E-state index contributed by atoms with van der Waals surface area (Å²) >= 11 is 19.0. The van der Waals surface area contributed by atoms with E-state index in [1.165, 1.54) is 4.57 Å². The van der Waals surface area contributed by atoms with E-state index in [1.54, 1.807) is 19.2 Å². The van der Waals surface area contributed by atoms with Gasteiger partial charge in [0.1, 0.15) is 22.3 Å². The number of aryl methyl sites for hydroxylation is 1. The topological polar surface area (TPSA) is 65.2 Å². The van der Waals surface area contributed by atoms with E-state index in [2.05, 4.69) is 52.0 Å². The Hall–Kier alpha value is -3.08. The summed E-state index contributed by atoms with van der Waals surface area (Å²) in [6.45, 7) is 4.12. The first-order valence-corrected chi connectivity index (χ1v) is 13.0. The fourth-order valence-electron chi connectivity index (χ4n) is 5.13. The Balaban J connectivity index is 1.54. The van der Waals surface area contributed by atoms with Crippen LogP contribution in [0, 0.1) is 11.3 Å². The fraction of sp³-hybridized carbons (Fsp3) is 0.250. The van der Waals surface area contributed by atoms with Crippen LogP contribution in [-0.4, -0.2) is 40.1 Å². The van der Waals surface area contributed by atoms with Gasteiger partial charge in [-0.25, -0.2) is 4.98 Å². The lowest BCUT2D eigenvalue weighted by atomic mass is 9.94. The maximum absolute atomic E-state index is 13.0. The maximum Gasteiger partial charge on any atom is 0.271 e. The predicted molar refractivity (Wildman–Crippen MR) is 150 cm³/mol. The summed E-state index contributed by atoms with van der Waals surface area (Å²) < 4.78 is 1.48. The molecule has 4 aromatic rings. The molecule has 2 aromatic carbocycles. The molecule has 1 aliphatic rings. The molecule has 1 atom stereocenters. The van der Waals surface area contributed by atoms with E-state index in [4.69, 9.17) is 34.8 Å². The largest absolute Gasteiger partial charge is 0.366 e. The van der Waals surface area contributed by atoms with Crippen molar-refractivity contribution in [1.29, 1.82) is 5.26 Å². The molecule has 3 heterocycles. The molecule has 0 radical (unpaired) electrons. The number of aromatic nitrogens is 2. The van der Waals surface area contributed by atoms with Gasteiger partial charge in [-0.3, -0.25) is 9.69 Å². The second kappa shape index (κ2) is 10.4. The highest BCUT2D eigenvalue weighted by Crippen LogP contribution is 2.36. The van der Waals surface area contributed by atoms with Crippen LogP contribution >= 0.6 is 34.8 Å². The molecule has 0 spiro atoms. The number of halogens is 3. The number of rotatable bonds is 4. The molecule has 188 valence electrons. The zero-order chi connectivity index (χ0) is 26.3. The SMILES string of the molecule is C[C@@H]1CN(c2c(Cl)c(=O)n(C)c3ccc(C#N)nc23)CCN1C(c1ccc(Cl)cc1)c1ccc(Cl)cc1.